The highest BCUT2D eigenvalue weighted by Gasteiger charge is 2.60. The van der Waals surface area contributed by atoms with Crippen LogP contribution in [-0.4, -0.2) is 80.4 Å². The van der Waals surface area contributed by atoms with E-state index in [0.29, 0.717) is 11.3 Å². The summed E-state index contributed by atoms with van der Waals surface area (Å²) in [5.74, 6) is -1.92. The molecule has 160 valence electrons. The molecule has 4 aliphatic rings. The van der Waals surface area contributed by atoms with Crippen LogP contribution in [0.4, 0.5) is 0 Å². The lowest BCUT2D eigenvalue weighted by Gasteiger charge is -2.46. The summed E-state index contributed by atoms with van der Waals surface area (Å²) in [6, 6.07) is 0.478. The summed E-state index contributed by atoms with van der Waals surface area (Å²) in [5, 5.41) is 30.3. The minimum Gasteiger partial charge on any atom is -0.477 e. The molecule has 29 heavy (non-hydrogen) atoms. The standard InChI is InChI=1S/C19H29N5O4S/c1-8-14-13(9(2)25)17(26)24(14)15(18(27)28)16(8)29-12-6-23(7-12)11-4-3-10(5-11)22-19(20)21/h8-14,25H,3-7H2,1-2H3,(H,27,28)(H4,20,21,22)/t8-,9-,10-,11+,13-,14-/m1/s1. The molecule has 6 N–H and O–H groups in total. The van der Waals surface area contributed by atoms with Crippen molar-refractivity contribution in [2.45, 2.75) is 62.6 Å². The summed E-state index contributed by atoms with van der Waals surface area (Å²) in [7, 11) is 0. The molecular formula is C19H29N5O4S. The minimum absolute atomic E-state index is 0.0192. The monoisotopic (exact) mass is 423 g/mol. The number of rotatable bonds is 6. The van der Waals surface area contributed by atoms with Gasteiger partial charge in [0.2, 0.25) is 5.91 Å². The van der Waals surface area contributed by atoms with Gasteiger partial charge in [0, 0.05) is 41.2 Å². The van der Waals surface area contributed by atoms with E-state index in [0.717, 1.165) is 37.3 Å². The molecule has 0 aromatic heterocycles. The zero-order chi connectivity index (χ0) is 21.0. The smallest absolute Gasteiger partial charge is 0.353 e. The number of carboxylic acids is 1. The first kappa shape index (κ1) is 20.5. The fourth-order valence-electron chi connectivity index (χ4n) is 5.34. The third kappa shape index (κ3) is 3.40. The van der Waals surface area contributed by atoms with Crippen LogP contribution in [0, 0.1) is 17.2 Å². The van der Waals surface area contributed by atoms with Gasteiger partial charge >= 0.3 is 5.97 Å². The number of likely N-dealkylation sites (tertiary alicyclic amines) is 1. The Labute approximate surface area is 174 Å². The SMILES string of the molecule is C[C@@H](O)[C@H]1C(=O)N2C(C(=O)O)=C(SC3CN([C@H]4CC[C@@H](NC(=N)N)C4)C3)[C@H](C)[C@H]12. The molecule has 6 atom stereocenters. The molecule has 3 heterocycles. The summed E-state index contributed by atoms with van der Waals surface area (Å²) in [6.45, 7) is 5.34. The number of carbonyl (C=O) groups excluding carboxylic acids is 1. The maximum absolute atomic E-state index is 12.4. The van der Waals surface area contributed by atoms with Gasteiger partial charge in [-0.15, -0.1) is 11.8 Å². The normalized spacial score (nSPS) is 35.9. The van der Waals surface area contributed by atoms with Crippen molar-refractivity contribution < 1.29 is 19.8 Å². The van der Waals surface area contributed by atoms with E-state index in [1.807, 2.05) is 6.92 Å². The topological polar surface area (TPSA) is 143 Å². The van der Waals surface area contributed by atoms with Crippen LogP contribution in [0.25, 0.3) is 0 Å². The molecule has 1 saturated carbocycles. The van der Waals surface area contributed by atoms with Crippen LogP contribution < -0.4 is 11.1 Å². The number of fused-ring (bicyclic) bond motifs is 1. The van der Waals surface area contributed by atoms with Crippen molar-refractivity contribution in [1.82, 2.24) is 15.1 Å². The van der Waals surface area contributed by atoms with Crippen LogP contribution in [0.5, 0.6) is 0 Å². The molecule has 1 amide bonds. The van der Waals surface area contributed by atoms with Crippen LogP contribution in [-0.2, 0) is 9.59 Å². The number of carboxylic acid groups (broad SMARTS) is 1. The Hall–Kier alpha value is -1.78. The average molecular weight is 424 g/mol. The van der Waals surface area contributed by atoms with Crippen molar-refractivity contribution in [3.05, 3.63) is 10.6 Å². The van der Waals surface area contributed by atoms with E-state index in [1.54, 1.807) is 18.7 Å². The summed E-state index contributed by atoms with van der Waals surface area (Å²) in [6.07, 6.45) is 2.27. The van der Waals surface area contributed by atoms with Crippen molar-refractivity contribution >= 4 is 29.6 Å². The predicted octanol–water partition coefficient (Wildman–Crippen LogP) is -0.0383. The fraction of sp³-hybridized carbons (Fsp3) is 0.737. The first-order valence-electron chi connectivity index (χ1n) is 10.2. The molecule has 10 heteroatoms. The highest BCUT2D eigenvalue weighted by molar-refractivity contribution is 8.03. The van der Waals surface area contributed by atoms with Crippen LogP contribution in [0.2, 0.25) is 0 Å². The zero-order valence-electron chi connectivity index (χ0n) is 16.7. The Morgan fingerprint density at radius 2 is 2.07 bits per heavy atom. The lowest BCUT2D eigenvalue weighted by atomic mass is 9.79. The Bertz CT molecular complexity index is 766. The number of aliphatic hydroxyl groups is 1. The van der Waals surface area contributed by atoms with E-state index in [-0.39, 0.29) is 35.6 Å². The van der Waals surface area contributed by atoms with Gasteiger partial charge in [-0.2, -0.15) is 0 Å². The van der Waals surface area contributed by atoms with Crippen molar-refractivity contribution in [2.75, 3.05) is 13.1 Å². The highest BCUT2D eigenvalue weighted by atomic mass is 32.2. The first-order valence-corrected chi connectivity index (χ1v) is 11.1. The van der Waals surface area contributed by atoms with Crippen LogP contribution in [0.15, 0.2) is 10.6 Å². The molecule has 0 aromatic rings. The fourth-order valence-corrected chi connectivity index (χ4v) is 6.88. The van der Waals surface area contributed by atoms with Crippen molar-refractivity contribution in [2.24, 2.45) is 17.6 Å². The molecule has 4 rings (SSSR count). The number of hydrogen-bond donors (Lipinski definition) is 5. The lowest BCUT2D eigenvalue weighted by Crippen LogP contribution is -2.63. The molecule has 0 spiro atoms. The van der Waals surface area contributed by atoms with Crippen molar-refractivity contribution in [3.8, 4) is 0 Å². The Morgan fingerprint density at radius 1 is 1.38 bits per heavy atom. The maximum atomic E-state index is 12.4. The molecule has 9 nitrogen and oxygen atoms in total. The Balaban J connectivity index is 1.37. The molecule has 2 saturated heterocycles. The largest absolute Gasteiger partial charge is 0.477 e. The van der Waals surface area contributed by atoms with E-state index in [1.165, 1.54) is 4.90 Å². The number of β-lactam (4-membered cyclic amide) rings is 1. The zero-order valence-corrected chi connectivity index (χ0v) is 17.5. The molecule has 3 fully saturated rings. The van der Waals surface area contributed by atoms with Gasteiger partial charge in [-0.25, -0.2) is 4.79 Å². The summed E-state index contributed by atoms with van der Waals surface area (Å²) >= 11 is 1.59. The number of thioether (sulfide) groups is 1. The van der Waals surface area contributed by atoms with Gasteiger partial charge in [-0.1, -0.05) is 6.92 Å². The van der Waals surface area contributed by atoms with E-state index in [9.17, 15) is 19.8 Å². The number of nitrogens with two attached hydrogens (primary N) is 1. The van der Waals surface area contributed by atoms with Gasteiger partial charge in [0.15, 0.2) is 5.96 Å². The lowest BCUT2D eigenvalue weighted by molar-refractivity contribution is -0.163. The van der Waals surface area contributed by atoms with E-state index >= 15 is 0 Å². The number of nitrogens with one attached hydrogen (secondary N) is 2. The molecule has 1 aliphatic carbocycles. The number of guanidine groups is 1. The van der Waals surface area contributed by atoms with Crippen LogP contribution in [0.3, 0.4) is 0 Å². The van der Waals surface area contributed by atoms with Gasteiger partial charge in [0.05, 0.1) is 18.1 Å². The second kappa shape index (κ2) is 7.48. The average Bonchev–Trinajstić information content (AvgIpc) is 3.11. The highest BCUT2D eigenvalue weighted by Crippen LogP contribution is 2.52. The van der Waals surface area contributed by atoms with E-state index < -0.39 is 18.0 Å². The minimum atomic E-state index is -1.07. The quantitative estimate of drug-likeness (QED) is 0.228. The second-order valence-electron chi connectivity index (χ2n) is 8.69. The third-order valence-electron chi connectivity index (χ3n) is 6.76. The molecule has 0 radical (unpaired) electrons. The number of aliphatic hydroxyl groups excluding tert-OH is 1. The Kier molecular flexibility index (Phi) is 5.28. The number of amides is 1. The number of carbonyl (C=O) groups is 2. The molecule has 3 aliphatic heterocycles. The van der Waals surface area contributed by atoms with Crippen molar-refractivity contribution in [3.63, 3.8) is 0 Å². The van der Waals surface area contributed by atoms with Crippen molar-refractivity contribution in [1.29, 1.82) is 5.41 Å². The molecule has 0 unspecified atom stereocenters. The summed E-state index contributed by atoms with van der Waals surface area (Å²) in [5.41, 5.74) is 5.54. The Morgan fingerprint density at radius 3 is 2.66 bits per heavy atom. The van der Waals surface area contributed by atoms with Gasteiger partial charge in [-0.05, 0) is 26.2 Å². The van der Waals surface area contributed by atoms with Gasteiger partial charge in [0.25, 0.3) is 0 Å². The summed E-state index contributed by atoms with van der Waals surface area (Å²) < 4.78 is 0. The molecule has 0 bridgehead atoms. The van der Waals surface area contributed by atoms with E-state index in [2.05, 4.69) is 10.2 Å². The second-order valence-corrected chi connectivity index (χ2v) is 10.0. The number of nitrogens with zero attached hydrogens (tertiary/aromatic N) is 2. The predicted molar refractivity (Wildman–Crippen MR) is 109 cm³/mol. The van der Waals surface area contributed by atoms with Crippen LogP contribution >= 0.6 is 11.8 Å². The van der Waals surface area contributed by atoms with Gasteiger partial charge in [0.1, 0.15) is 5.70 Å². The summed E-state index contributed by atoms with van der Waals surface area (Å²) in [4.78, 5) is 28.9. The first-order chi connectivity index (χ1) is 13.7. The molecule has 0 aromatic carbocycles. The van der Waals surface area contributed by atoms with Gasteiger partial charge < -0.3 is 26.2 Å². The third-order valence-corrected chi connectivity index (χ3v) is 8.21. The molecular weight excluding hydrogens is 394 g/mol. The number of aliphatic carboxylic acids is 1. The number of hydrogen-bond acceptors (Lipinski definition) is 6. The maximum Gasteiger partial charge on any atom is 0.353 e. The van der Waals surface area contributed by atoms with E-state index in [4.69, 9.17) is 11.1 Å². The van der Waals surface area contributed by atoms with Gasteiger partial charge in [-0.3, -0.25) is 15.1 Å². The van der Waals surface area contributed by atoms with Crippen LogP contribution in [0.1, 0.15) is 33.1 Å².